The first kappa shape index (κ1) is 12.3. The van der Waals surface area contributed by atoms with Crippen LogP contribution in [0, 0.1) is 5.92 Å². The summed E-state index contributed by atoms with van der Waals surface area (Å²) in [5.74, 6) is 2.82. The van der Waals surface area contributed by atoms with E-state index in [1.54, 1.807) is 7.11 Å². The Hall–Kier alpha value is -1.71. The minimum absolute atomic E-state index is 0.494. The molecule has 2 heterocycles. The lowest BCUT2D eigenvalue weighted by atomic mass is 9.81. The number of rotatable bonds is 2. The van der Waals surface area contributed by atoms with Crippen LogP contribution in [0.3, 0.4) is 0 Å². The molecule has 0 bridgehead atoms. The molecule has 2 aromatic heterocycles. The van der Waals surface area contributed by atoms with Crippen LogP contribution in [-0.2, 0) is 0 Å². The van der Waals surface area contributed by atoms with Crippen LogP contribution in [0.25, 0.3) is 5.65 Å². The number of fused-ring (bicyclic) bond motifs is 1. The number of pyridine rings is 1. The average Bonchev–Trinajstić information content (AvgIpc) is 2.76. The van der Waals surface area contributed by atoms with Gasteiger partial charge in [0.15, 0.2) is 11.4 Å². The van der Waals surface area contributed by atoms with E-state index in [9.17, 15) is 0 Å². The van der Waals surface area contributed by atoms with Gasteiger partial charge >= 0.3 is 0 Å². The van der Waals surface area contributed by atoms with Gasteiger partial charge in [0.2, 0.25) is 0 Å². The van der Waals surface area contributed by atoms with Crippen molar-refractivity contribution in [3.63, 3.8) is 0 Å². The lowest BCUT2D eigenvalue weighted by Crippen LogP contribution is -2.13. The van der Waals surface area contributed by atoms with Crippen molar-refractivity contribution in [2.75, 3.05) is 12.8 Å². The molecule has 0 radical (unpaired) electrons. The van der Waals surface area contributed by atoms with E-state index in [1.807, 2.05) is 22.7 Å². The Kier molecular flexibility index (Phi) is 3.09. The number of nitrogen functional groups attached to an aromatic ring is 1. The summed E-state index contributed by atoms with van der Waals surface area (Å²) in [5, 5.41) is 0. The Bertz CT molecular complexity index is 590. The molecule has 0 aromatic carbocycles. The van der Waals surface area contributed by atoms with Crippen LogP contribution in [0.4, 0.5) is 5.82 Å². The zero-order valence-corrected chi connectivity index (χ0v) is 11.6. The van der Waals surface area contributed by atoms with Gasteiger partial charge in [-0.15, -0.1) is 0 Å². The van der Waals surface area contributed by atoms with E-state index < -0.39 is 0 Å². The number of hydrogen-bond donors (Lipinski definition) is 1. The van der Waals surface area contributed by atoms with Crippen LogP contribution in [-0.4, -0.2) is 16.5 Å². The summed E-state index contributed by atoms with van der Waals surface area (Å²) >= 11 is 0. The number of imidazole rings is 1. The zero-order valence-electron chi connectivity index (χ0n) is 11.6. The molecule has 0 saturated heterocycles. The maximum absolute atomic E-state index is 6.28. The Balaban J connectivity index is 2.06. The van der Waals surface area contributed by atoms with Crippen LogP contribution < -0.4 is 10.5 Å². The molecule has 0 aliphatic heterocycles. The van der Waals surface area contributed by atoms with Crippen LogP contribution in [0.2, 0.25) is 0 Å². The zero-order chi connectivity index (χ0) is 13.4. The monoisotopic (exact) mass is 259 g/mol. The molecule has 1 aliphatic carbocycles. The number of nitrogens with two attached hydrogens (primary N) is 1. The summed E-state index contributed by atoms with van der Waals surface area (Å²) in [6, 6.07) is 3.87. The highest BCUT2D eigenvalue weighted by atomic mass is 16.5. The maximum Gasteiger partial charge on any atom is 0.181 e. The fourth-order valence-corrected chi connectivity index (χ4v) is 3.22. The van der Waals surface area contributed by atoms with E-state index in [0.717, 1.165) is 28.8 Å². The van der Waals surface area contributed by atoms with Gasteiger partial charge in [-0.1, -0.05) is 19.8 Å². The van der Waals surface area contributed by atoms with Gasteiger partial charge in [-0.2, -0.15) is 0 Å². The molecule has 102 valence electrons. The second-order valence-corrected chi connectivity index (χ2v) is 5.62. The molecule has 1 aliphatic rings. The third-order valence-electron chi connectivity index (χ3n) is 4.22. The second-order valence-electron chi connectivity index (χ2n) is 5.62. The molecule has 0 spiro atoms. The van der Waals surface area contributed by atoms with E-state index in [1.165, 1.54) is 25.7 Å². The quantitative estimate of drug-likeness (QED) is 0.901. The molecule has 2 N–H and O–H groups in total. The Labute approximate surface area is 113 Å². The number of hydrogen-bond acceptors (Lipinski definition) is 3. The van der Waals surface area contributed by atoms with Crippen molar-refractivity contribution in [1.29, 1.82) is 0 Å². The number of aromatic nitrogens is 2. The van der Waals surface area contributed by atoms with Crippen LogP contribution in [0.15, 0.2) is 18.3 Å². The standard InChI is InChI=1S/C15H21N3O/c1-10-5-3-6-11(9-10)13-14(16)18-8-4-7-12(19-2)15(18)17-13/h4,7-8,10-11H,3,5-6,9,16H2,1-2H3. The van der Waals surface area contributed by atoms with Crippen molar-refractivity contribution >= 4 is 11.5 Å². The predicted molar refractivity (Wildman–Crippen MR) is 76.5 cm³/mol. The van der Waals surface area contributed by atoms with Gasteiger partial charge in [0, 0.05) is 12.1 Å². The van der Waals surface area contributed by atoms with Gasteiger partial charge in [-0.05, 0) is 30.9 Å². The van der Waals surface area contributed by atoms with Gasteiger partial charge in [-0.3, -0.25) is 4.40 Å². The Morgan fingerprint density at radius 3 is 3.00 bits per heavy atom. The lowest BCUT2D eigenvalue weighted by Gasteiger charge is -2.25. The van der Waals surface area contributed by atoms with Crippen molar-refractivity contribution in [2.24, 2.45) is 5.92 Å². The van der Waals surface area contributed by atoms with Crippen molar-refractivity contribution in [3.05, 3.63) is 24.0 Å². The minimum Gasteiger partial charge on any atom is -0.493 e. The SMILES string of the molecule is COc1cccn2c(N)c(C3CCCC(C)C3)nc12. The summed E-state index contributed by atoms with van der Waals surface area (Å²) in [6.45, 7) is 2.32. The molecule has 3 rings (SSSR count). The Morgan fingerprint density at radius 2 is 2.26 bits per heavy atom. The highest BCUT2D eigenvalue weighted by molar-refractivity contribution is 5.61. The molecular formula is C15H21N3O. The third-order valence-corrected chi connectivity index (χ3v) is 4.22. The van der Waals surface area contributed by atoms with E-state index >= 15 is 0 Å². The van der Waals surface area contributed by atoms with Crippen LogP contribution >= 0.6 is 0 Å². The molecule has 1 saturated carbocycles. The first-order valence-corrected chi connectivity index (χ1v) is 7.01. The largest absolute Gasteiger partial charge is 0.493 e. The summed E-state index contributed by atoms with van der Waals surface area (Å²) in [4.78, 5) is 4.75. The molecule has 4 nitrogen and oxygen atoms in total. The average molecular weight is 259 g/mol. The molecule has 2 unspecified atom stereocenters. The van der Waals surface area contributed by atoms with E-state index in [2.05, 4.69) is 6.92 Å². The molecule has 19 heavy (non-hydrogen) atoms. The van der Waals surface area contributed by atoms with Gasteiger partial charge in [0.1, 0.15) is 5.82 Å². The third kappa shape index (κ3) is 2.05. The number of nitrogens with zero attached hydrogens (tertiary/aromatic N) is 2. The number of methoxy groups -OCH3 is 1. The van der Waals surface area contributed by atoms with Gasteiger partial charge in [-0.25, -0.2) is 4.98 Å². The first-order valence-electron chi connectivity index (χ1n) is 7.01. The van der Waals surface area contributed by atoms with Crippen molar-refractivity contribution in [3.8, 4) is 5.75 Å². The lowest BCUT2D eigenvalue weighted by molar-refractivity contribution is 0.341. The smallest absolute Gasteiger partial charge is 0.181 e. The Morgan fingerprint density at radius 1 is 1.42 bits per heavy atom. The highest BCUT2D eigenvalue weighted by Crippen LogP contribution is 2.38. The number of anilines is 1. The fourth-order valence-electron chi connectivity index (χ4n) is 3.22. The van der Waals surface area contributed by atoms with E-state index in [4.69, 9.17) is 15.5 Å². The van der Waals surface area contributed by atoms with Gasteiger partial charge in [0.25, 0.3) is 0 Å². The molecule has 0 amide bonds. The second kappa shape index (κ2) is 4.76. The highest BCUT2D eigenvalue weighted by Gasteiger charge is 2.25. The molecule has 1 fully saturated rings. The van der Waals surface area contributed by atoms with Crippen molar-refractivity contribution in [1.82, 2.24) is 9.38 Å². The maximum atomic E-state index is 6.28. The van der Waals surface area contributed by atoms with Gasteiger partial charge in [0.05, 0.1) is 12.8 Å². The van der Waals surface area contributed by atoms with Crippen LogP contribution in [0.1, 0.15) is 44.2 Å². The van der Waals surface area contributed by atoms with Crippen molar-refractivity contribution in [2.45, 2.75) is 38.5 Å². The van der Waals surface area contributed by atoms with Crippen LogP contribution in [0.5, 0.6) is 5.75 Å². The van der Waals surface area contributed by atoms with E-state index in [-0.39, 0.29) is 0 Å². The molecular weight excluding hydrogens is 238 g/mol. The summed E-state index contributed by atoms with van der Waals surface area (Å²) in [5.41, 5.74) is 8.17. The van der Waals surface area contributed by atoms with E-state index in [0.29, 0.717) is 5.92 Å². The van der Waals surface area contributed by atoms with Gasteiger partial charge < -0.3 is 10.5 Å². The summed E-state index contributed by atoms with van der Waals surface area (Å²) in [6.07, 6.45) is 6.94. The minimum atomic E-state index is 0.494. The summed E-state index contributed by atoms with van der Waals surface area (Å²) < 4.78 is 7.30. The predicted octanol–water partition coefficient (Wildman–Crippen LogP) is 3.22. The molecule has 2 atom stereocenters. The fraction of sp³-hybridized carbons (Fsp3) is 0.533. The number of ether oxygens (including phenoxy) is 1. The first-order chi connectivity index (χ1) is 9.20. The topological polar surface area (TPSA) is 52.5 Å². The summed E-state index contributed by atoms with van der Waals surface area (Å²) in [7, 11) is 1.67. The van der Waals surface area contributed by atoms with Crippen molar-refractivity contribution < 1.29 is 4.74 Å². The molecule has 2 aromatic rings. The molecule has 4 heteroatoms. The normalized spacial score (nSPS) is 23.7.